The molecule has 1 fully saturated rings. The summed E-state index contributed by atoms with van der Waals surface area (Å²) in [6.07, 6.45) is 5.39. The first kappa shape index (κ1) is 20.4. The van der Waals surface area contributed by atoms with Crippen molar-refractivity contribution >= 4 is 15.8 Å². The average Bonchev–Trinajstić information content (AvgIpc) is 3.31. The number of aromatic nitrogens is 3. The van der Waals surface area contributed by atoms with Gasteiger partial charge in [0.15, 0.2) is 0 Å². The minimum Gasteiger partial charge on any atom is -0.496 e. The Morgan fingerprint density at radius 3 is 2.27 bits per heavy atom. The normalized spacial score (nSPS) is 15.4. The predicted molar refractivity (Wildman–Crippen MR) is 115 cm³/mol. The fourth-order valence-electron chi connectivity index (χ4n) is 3.71. The number of rotatable bonds is 5. The van der Waals surface area contributed by atoms with E-state index in [1.165, 1.54) is 6.33 Å². The number of piperazine rings is 1. The Balaban J connectivity index is 1.51. The molecule has 9 heteroatoms. The SMILES string of the molecule is COc1ccc(S(=O)(=O)N2CCN(c3cc(-n4cccc4)ncn3)CC2)c(C)c1C. The predicted octanol–water partition coefficient (Wildman–Crippen LogP) is 2.40. The largest absolute Gasteiger partial charge is 0.496 e. The number of hydrogen-bond acceptors (Lipinski definition) is 6. The number of sulfonamides is 1. The van der Waals surface area contributed by atoms with Gasteiger partial charge < -0.3 is 14.2 Å². The van der Waals surface area contributed by atoms with Crippen LogP contribution in [0.3, 0.4) is 0 Å². The summed E-state index contributed by atoms with van der Waals surface area (Å²) >= 11 is 0. The van der Waals surface area contributed by atoms with Gasteiger partial charge in [-0.05, 0) is 49.2 Å². The molecule has 0 N–H and O–H groups in total. The van der Waals surface area contributed by atoms with Crippen molar-refractivity contribution in [3.63, 3.8) is 0 Å². The lowest BCUT2D eigenvalue weighted by Gasteiger charge is -2.35. The van der Waals surface area contributed by atoms with Gasteiger partial charge in [0.1, 0.15) is 23.7 Å². The summed E-state index contributed by atoms with van der Waals surface area (Å²) in [5.74, 6) is 2.27. The van der Waals surface area contributed by atoms with E-state index in [0.29, 0.717) is 36.8 Å². The van der Waals surface area contributed by atoms with Crippen molar-refractivity contribution in [2.75, 3.05) is 38.2 Å². The Labute approximate surface area is 176 Å². The molecule has 1 saturated heterocycles. The fourth-order valence-corrected chi connectivity index (χ4v) is 5.41. The van der Waals surface area contributed by atoms with Gasteiger partial charge >= 0.3 is 0 Å². The topological polar surface area (TPSA) is 80.6 Å². The second-order valence-electron chi connectivity index (χ2n) is 7.23. The lowest BCUT2D eigenvalue weighted by atomic mass is 10.1. The summed E-state index contributed by atoms with van der Waals surface area (Å²) in [5, 5.41) is 0. The highest BCUT2D eigenvalue weighted by molar-refractivity contribution is 7.89. The Hall–Kier alpha value is -2.91. The molecule has 0 unspecified atom stereocenters. The maximum atomic E-state index is 13.3. The molecule has 2 aromatic heterocycles. The molecule has 0 radical (unpaired) electrons. The first-order chi connectivity index (χ1) is 14.4. The average molecular weight is 428 g/mol. The van der Waals surface area contributed by atoms with Crippen LogP contribution in [0, 0.1) is 13.8 Å². The van der Waals surface area contributed by atoms with Crippen LogP contribution in [0.4, 0.5) is 5.82 Å². The number of benzene rings is 1. The number of ether oxygens (including phenoxy) is 1. The standard InChI is InChI=1S/C21H25N5O3S/c1-16-17(2)19(7-6-18(16)29-3)30(27,28)26-12-10-25(11-13-26)21-14-20(22-15-23-21)24-8-4-5-9-24/h4-9,14-15H,10-13H2,1-3H3. The van der Waals surface area contributed by atoms with Gasteiger partial charge in [0.05, 0.1) is 12.0 Å². The van der Waals surface area contributed by atoms with E-state index in [9.17, 15) is 8.42 Å². The van der Waals surface area contributed by atoms with Crippen LogP contribution in [-0.4, -0.2) is 60.5 Å². The molecule has 0 atom stereocenters. The van der Waals surface area contributed by atoms with Crippen LogP contribution in [0.2, 0.25) is 0 Å². The van der Waals surface area contributed by atoms with Crippen LogP contribution in [-0.2, 0) is 10.0 Å². The Morgan fingerprint density at radius 2 is 1.60 bits per heavy atom. The number of anilines is 1. The van der Waals surface area contributed by atoms with Crippen LogP contribution >= 0.6 is 0 Å². The van der Waals surface area contributed by atoms with E-state index in [-0.39, 0.29) is 0 Å². The highest BCUT2D eigenvalue weighted by Gasteiger charge is 2.31. The molecule has 158 valence electrons. The Bertz CT molecular complexity index is 1140. The molecule has 3 aromatic rings. The Kier molecular flexibility index (Phi) is 5.48. The summed E-state index contributed by atoms with van der Waals surface area (Å²) in [7, 11) is -1.99. The third-order valence-corrected chi connectivity index (χ3v) is 7.64. The minimum atomic E-state index is -3.58. The van der Waals surface area contributed by atoms with Crippen LogP contribution < -0.4 is 9.64 Å². The fraction of sp³-hybridized carbons (Fsp3) is 0.333. The van der Waals surface area contributed by atoms with E-state index in [1.807, 2.05) is 49.0 Å². The number of hydrogen-bond donors (Lipinski definition) is 0. The van der Waals surface area contributed by atoms with Crippen LogP contribution in [0.5, 0.6) is 5.75 Å². The zero-order valence-corrected chi connectivity index (χ0v) is 18.1. The van der Waals surface area contributed by atoms with Crippen LogP contribution in [0.25, 0.3) is 5.82 Å². The molecule has 1 aliphatic heterocycles. The maximum Gasteiger partial charge on any atom is 0.243 e. The Morgan fingerprint density at radius 1 is 0.933 bits per heavy atom. The third-order valence-electron chi connectivity index (χ3n) is 5.60. The zero-order valence-electron chi connectivity index (χ0n) is 17.3. The van der Waals surface area contributed by atoms with Gasteiger partial charge in [0, 0.05) is 44.6 Å². The highest BCUT2D eigenvalue weighted by Crippen LogP contribution is 2.29. The number of nitrogens with zero attached hydrogens (tertiary/aromatic N) is 5. The van der Waals surface area contributed by atoms with Gasteiger partial charge in [-0.3, -0.25) is 0 Å². The van der Waals surface area contributed by atoms with Gasteiger partial charge in [-0.25, -0.2) is 18.4 Å². The van der Waals surface area contributed by atoms with Gasteiger partial charge in [-0.15, -0.1) is 0 Å². The minimum absolute atomic E-state index is 0.339. The zero-order chi connectivity index (χ0) is 21.3. The molecule has 30 heavy (non-hydrogen) atoms. The van der Waals surface area contributed by atoms with Crippen molar-refractivity contribution in [1.29, 1.82) is 0 Å². The van der Waals surface area contributed by atoms with Crippen molar-refractivity contribution < 1.29 is 13.2 Å². The lowest BCUT2D eigenvalue weighted by Crippen LogP contribution is -2.49. The second-order valence-corrected chi connectivity index (χ2v) is 9.14. The van der Waals surface area contributed by atoms with Crippen molar-refractivity contribution in [2.45, 2.75) is 18.7 Å². The molecule has 0 saturated carbocycles. The highest BCUT2D eigenvalue weighted by atomic mass is 32.2. The van der Waals surface area contributed by atoms with Crippen LogP contribution in [0.15, 0.2) is 53.9 Å². The first-order valence-electron chi connectivity index (χ1n) is 9.76. The van der Waals surface area contributed by atoms with E-state index in [1.54, 1.807) is 23.5 Å². The summed E-state index contributed by atoms with van der Waals surface area (Å²) in [6, 6.07) is 9.15. The molecule has 1 aromatic carbocycles. The third kappa shape index (κ3) is 3.66. The quantitative estimate of drug-likeness (QED) is 0.622. The van der Waals surface area contributed by atoms with E-state index >= 15 is 0 Å². The summed E-state index contributed by atoms with van der Waals surface area (Å²) < 4.78 is 35.3. The molecular formula is C21H25N5O3S. The van der Waals surface area contributed by atoms with Crippen LogP contribution in [0.1, 0.15) is 11.1 Å². The summed E-state index contributed by atoms with van der Waals surface area (Å²) in [4.78, 5) is 11.1. The van der Waals surface area contributed by atoms with Crippen molar-refractivity contribution in [3.05, 3.63) is 60.2 Å². The molecule has 0 aliphatic carbocycles. The monoisotopic (exact) mass is 427 g/mol. The van der Waals surface area contributed by atoms with E-state index < -0.39 is 10.0 Å². The molecular weight excluding hydrogens is 402 g/mol. The molecule has 4 rings (SSSR count). The van der Waals surface area contributed by atoms with Gasteiger partial charge in [-0.1, -0.05) is 0 Å². The molecule has 0 amide bonds. The first-order valence-corrected chi connectivity index (χ1v) is 11.2. The second kappa shape index (κ2) is 8.08. The van der Waals surface area contributed by atoms with E-state index in [0.717, 1.165) is 22.8 Å². The van der Waals surface area contributed by atoms with Gasteiger partial charge in [-0.2, -0.15) is 4.31 Å². The molecule has 1 aliphatic rings. The summed E-state index contributed by atoms with van der Waals surface area (Å²) in [6.45, 7) is 5.63. The smallest absolute Gasteiger partial charge is 0.243 e. The molecule has 0 spiro atoms. The van der Waals surface area contributed by atoms with E-state index in [4.69, 9.17) is 4.74 Å². The molecule has 8 nitrogen and oxygen atoms in total. The lowest BCUT2D eigenvalue weighted by molar-refractivity contribution is 0.383. The van der Waals surface area contributed by atoms with E-state index in [2.05, 4.69) is 14.9 Å². The van der Waals surface area contributed by atoms with Crippen molar-refractivity contribution in [1.82, 2.24) is 18.8 Å². The van der Waals surface area contributed by atoms with Crippen molar-refractivity contribution in [3.8, 4) is 11.6 Å². The summed E-state index contributed by atoms with van der Waals surface area (Å²) in [5.41, 5.74) is 1.57. The van der Waals surface area contributed by atoms with Gasteiger partial charge in [0.2, 0.25) is 10.0 Å². The maximum absolute atomic E-state index is 13.3. The van der Waals surface area contributed by atoms with Gasteiger partial charge in [0.25, 0.3) is 0 Å². The van der Waals surface area contributed by atoms with Crippen molar-refractivity contribution in [2.24, 2.45) is 0 Å². The number of methoxy groups -OCH3 is 1. The molecule has 3 heterocycles. The molecule has 0 bridgehead atoms.